The van der Waals surface area contributed by atoms with Gasteiger partial charge in [-0.1, -0.05) is 12.8 Å². The third-order valence-corrected chi connectivity index (χ3v) is 4.52. The molecule has 0 atom stereocenters. The van der Waals surface area contributed by atoms with Crippen LogP contribution in [0.5, 0.6) is 0 Å². The van der Waals surface area contributed by atoms with Crippen LogP contribution in [0.25, 0.3) is 0 Å². The molecule has 0 bridgehead atoms. The molecule has 1 saturated carbocycles. The van der Waals surface area contributed by atoms with Crippen molar-refractivity contribution < 1.29 is 4.79 Å². The maximum Gasteiger partial charge on any atom is 0.223 e. The molecule has 1 aliphatic heterocycles. The number of nitrogens with zero attached hydrogens (tertiary/aromatic N) is 2. The quantitative estimate of drug-likeness (QED) is 0.878. The van der Waals surface area contributed by atoms with E-state index in [1.807, 2.05) is 6.07 Å². The Bertz CT molecular complexity index is 444. The van der Waals surface area contributed by atoms with Crippen molar-refractivity contribution in [2.24, 2.45) is 5.92 Å². The van der Waals surface area contributed by atoms with Crippen LogP contribution in [0.2, 0.25) is 0 Å². The summed E-state index contributed by atoms with van der Waals surface area (Å²) in [5, 5.41) is 10.9. The number of carbonyl (C=O) groups is 1. The highest BCUT2D eigenvalue weighted by molar-refractivity contribution is 5.78. The van der Waals surface area contributed by atoms with E-state index in [0.717, 1.165) is 31.6 Å². The van der Waals surface area contributed by atoms with Gasteiger partial charge in [0.25, 0.3) is 0 Å². The Kier molecular flexibility index (Phi) is 4.35. The monoisotopic (exact) mass is 276 g/mol. The standard InChI is InChI=1S/C15H24N4O/c20-15(12-5-8-16-9-6-12)17-11-13-7-10-19(18-13)14-3-1-2-4-14/h7,10,12,14,16H,1-6,8-9,11H2,(H,17,20). The largest absolute Gasteiger partial charge is 0.350 e. The molecule has 0 unspecified atom stereocenters. The van der Waals surface area contributed by atoms with E-state index in [1.54, 1.807) is 0 Å². The summed E-state index contributed by atoms with van der Waals surface area (Å²) in [5.74, 6) is 0.357. The first-order valence-corrected chi connectivity index (χ1v) is 7.85. The van der Waals surface area contributed by atoms with E-state index < -0.39 is 0 Å². The van der Waals surface area contributed by atoms with Gasteiger partial charge in [-0.3, -0.25) is 9.48 Å². The summed E-state index contributed by atoms with van der Waals surface area (Å²) in [4.78, 5) is 12.1. The zero-order valence-electron chi connectivity index (χ0n) is 12.0. The SMILES string of the molecule is O=C(NCc1ccn(C2CCCC2)n1)C1CCNCC1. The van der Waals surface area contributed by atoms with E-state index in [0.29, 0.717) is 12.6 Å². The van der Waals surface area contributed by atoms with Gasteiger partial charge < -0.3 is 10.6 Å². The highest BCUT2D eigenvalue weighted by Gasteiger charge is 2.21. The fourth-order valence-electron chi connectivity index (χ4n) is 3.25. The molecule has 1 aliphatic carbocycles. The topological polar surface area (TPSA) is 59.0 Å². The Labute approximate surface area is 120 Å². The van der Waals surface area contributed by atoms with Crippen LogP contribution in [0.15, 0.2) is 12.3 Å². The molecular formula is C15H24N4O. The van der Waals surface area contributed by atoms with Crippen molar-refractivity contribution in [3.63, 3.8) is 0 Å². The van der Waals surface area contributed by atoms with Crippen LogP contribution < -0.4 is 10.6 Å². The number of hydrogen-bond acceptors (Lipinski definition) is 3. The number of carbonyl (C=O) groups excluding carboxylic acids is 1. The molecule has 5 nitrogen and oxygen atoms in total. The van der Waals surface area contributed by atoms with Crippen LogP contribution in [-0.4, -0.2) is 28.8 Å². The van der Waals surface area contributed by atoms with Gasteiger partial charge in [-0.05, 0) is 44.8 Å². The van der Waals surface area contributed by atoms with Crippen LogP contribution in [-0.2, 0) is 11.3 Å². The normalized spacial score (nSPS) is 21.2. The Balaban J connectivity index is 1.49. The predicted octanol–water partition coefficient (Wildman–Crippen LogP) is 1.61. The van der Waals surface area contributed by atoms with Gasteiger partial charge >= 0.3 is 0 Å². The second-order valence-corrected chi connectivity index (χ2v) is 5.97. The molecule has 2 N–H and O–H groups in total. The summed E-state index contributed by atoms with van der Waals surface area (Å²) in [5.41, 5.74) is 0.971. The molecule has 5 heteroatoms. The van der Waals surface area contributed by atoms with Crippen LogP contribution >= 0.6 is 0 Å². The van der Waals surface area contributed by atoms with Crippen molar-refractivity contribution in [2.75, 3.05) is 13.1 Å². The van der Waals surface area contributed by atoms with Gasteiger partial charge in [0.1, 0.15) is 0 Å². The van der Waals surface area contributed by atoms with Gasteiger partial charge in [0.05, 0.1) is 18.3 Å². The third-order valence-electron chi connectivity index (χ3n) is 4.52. The van der Waals surface area contributed by atoms with E-state index in [2.05, 4.69) is 26.6 Å². The number of hydrogen-bond donors (Lipinski definition) is 2. The minimum Gasteiger partial charge on any atom is -0.350 e. The first-order valence-electron chi connectivity index (χ1n) is 7.85. The summed E-state index contributed by atoms with van der Waals surface area (Å²) in [7, 11) is 0. The Morgan fingerprint density at radius 2 is 2.05 bits per heavy atom. The van der Waals surface area contributed by atoms with Crippen molar-refractivity contribution in [1.82, 2.24) is 20.4 Å². The summed E-state index contributed by atoms with van der Waals surface area (Å²) >= 11 is 0. The van der Waals surface area contributed by atoms with Crippen molar-refractivity contribution >= 4 is 5.91 Å². The molecule has 3 rings (SSSR count). The smallest absolute Gasteiger partial charge is 0.223 e. The fraction of sp³-hybridized carbons (Fsp3) is 0.733. The van der Waals surface area contributed by atoms with E-state index in [4.69, 9.17) is 0 Å². The second kappa shape index (κ2) is 6.39. The average molecular weight is 276 g/mol. The van der Waals surface area contributed by atoms with Crippen LogP contribution in [0, 0.1) is 5.92 Å². The molecule has 2 aliphatic rings. The lowest BCUT2D eigenvalue weighted by atomic mass is 9.97. The van der Waals surface area contributed by atoms with Crippen LogP contribution in [0.3, 0.4) is 0 Å². The van der Waals surface area contributed by atoms with Gasteiger partial charge in [0.2, 0.25) is 5.91 Å². The van der Waals surface area contributed by atoms with Crippen LogP contribution in [0.4, 0.5) is 0 Å². The van der Waals surface area contributed by atoms with Crippen molar-refractivity contribution in [1.29, 1.82) is 0 Å². The van der Waals surface area contributed by atoms with Crippen molar-refractivity contribution in [3.8, 4) is 0 Å². The number of aromatic nitrogens is 2. The van der Waals surface area contributed by atoms with Crippen molar-refractivity contribution in [3.05, 3.63) is 18.0 Å². The number of amides is 1. The molecule has 0 radical (unpaired) electrons. The highest BCUT2D eigenvalue weighted by atomic mass is 16.1. The second-order valence-electron chi connectivity index (χ2n) is 5.97. The van der Waals surface area contributed by atoms with E-state index in [1.165, 1.54) is 25.7 Å². The minimum absolute atomic E-state index is 0.174. The Morgan fingerprint density at radius 3 is 2.80 bits per heavy atom. The van der Waals surface area contributed by atoms with E-state index in [-0.39, 0.29) is 11.8 Å². The fourth-order valence-corrected chi connectivity index (χ4v) is 3.25. The zero-order chi connectivity index (χ0) is 13.8. The zero-order valence-corrected chi connectivity index (χ0v) is 12.0. The number of piperidine rings is 1. The van der Waals surface area contributed by atoms with Gasteiger partial charge in [-0.25, -0.2) is 0 Å². The lowest BCUT2D eigenvalue weighted by molar-refractivity contribution is -0.125. The van der Waals surface area contributed by atoms with Gasteiger partial charge in [-0.2, -0.15) is 5.10 Å². The van der Waals surface area contributed by atoms with Gasteiger partial charge in [0.15, 0.2) is 0 Å². The van der Waals surface area contributed by atoms with Crippen molar-refractivity contribution in [2.45, 2.75) is 51.1 Å². The lowest BCUT2D eigenvalue weighted by Crippen LogP contribution is -2.37. The molecule has 1 aromatic rings. The third kappa shape index (κ3) is 3.20. The Morgan fingerprint density at radius 1 is 1.30 bits per heavy atom. The maximum atomic E-state index is 12.1. The molecule has 110 valence electrons. The van der Waals surface area contributed by atoms with E-state index >= 15 is 0 Å². The van der Waals surface area contributed by atoms with Gasteiger partial charge in [-0.15, -0.1) is 0 Å². The number of rotatable bonds is 4. The average Bonchev–Trinajstić information content (AvgIpc) is 3.16. The summed E-state index contributed by atoms with van der Waals surface area (Å²) < 4.78 is 2.08. The summed E-state index contributed by atoms with van der Waals surface area (Å²) in [6, 6.07) is 2.60. The van der Waals surface area contributed by atoms with E-state index in [9.17, 15) is 4.79 Å². The maximum absolute atomic E-state index is 12.1. The van der Waals surface area contributed by atoms with Crippen LogP contribution in [0.1, 0.15) is 50.3 Å². The lowest BCUT2D eigenvalue weighted by Gasteiger charge is -2.21. The molecule has 0 aromatic carbocycles. The summed E-state index contributed by atoms with van der Waals surface area (Å²) in [6.07, 6.45) is 9.05. The molecule has 1 saturated heterocycles. The first-order chi connectivity index (χ1) is 9.83. The molecule has 2 heterocycles. The molecule has 20 heavy (non-hydrogen) atoms. The first kappa shape index (κ1) is 13.6. The molecule has 1 amide bonds. The molecular weight excluding hydrogens is 252 g/mol. The Hall–Kier alpha value is -1.36. The highest BCUT2D eigenvalue weighted by Crippen LogP contribution is 2.28. The number of nitrogens with one attached hydrogen (secondary N) is 2. The van der Waals surface area contributed by atoms with Gasteiger partial charge in [0, 0.05) is 12.1 Å². The molecule has 1 aromatic heterocycles. The summed E-state index contributed by atoms with van der Waals surface area (Å²) in [6.45, 7) is 2.46. The molecule has 2 fully saturated rings. The predicted molar refractivity (Wildman–Crippen MR) is 77.2 cm³/mol. The molecule has 0 spiro atoms. The minimum atomic E-state index is 0.174.